The topological polar surface area (TPSA) is 68.5 Å². The second-order valence-corrected chi connectivity index (χ2v) is 5.16. The van der Waals surface area contributed by atoms with Gasteiger partial charge in [0.15, 0.2) is 5.76 Å². The second kappa shape index (κ2) is 5.25. The van der Waals surface area contributed by atoms with Crippen molar-refractivity contribution in [1.29, 1.82) is 0 Å². The minimum Gasteiger partial charge on any atom is -0.459 e. The van der Waals surface area contributed by atoms with Crippen molar-refractivity contribution < 1.29 is 18.7 Å². The van der Waals surface area contributed by atoms with Gasteiger partial charge in [0.2, 0.25) is 0 Å². The van der Waals surface area contributed by atoms with Gasteiger partial charge in [-0.3, -0.25) is 4.79 Å². The lowest BCUT2D eigenvalue weighted by Crippen LogP contribution is -2.42. The third kappa shape index (κ3) is 3.91. The van der Waals surface area contributed by atoms with Gasteiger partial charge in [-0.2, -0.15) is 0 Å². The van der Waals surface area contributed by atoms with E-state index in [9.17, 15) is 9.59 Å². The average Bonchev–Trinajstić information content (AvgIpc) is 2.61. The standard InChI is InChI=1S/C13H19NO4/c1-8-6-7-17-10(8)11(15)14-9(2)12(16)18-13(3,4)5/h6-7,9H,1-5H3,(H,14,15)/t9-/m0/s1. The second-order valence-electron chi connectivity index (χ2n) is 5.16. The van der Waals surface area contributed by atoms with Gasteiger partial charge in [0.05, 0.1) is 6.26 Å². The summed E-state index contributed by atoms with van der Waals surface area (Å²) in [6.45, 7) is 8.66. The molecule has 0 radical (unpaired) electrons. The molecule has 0 aliphatic rings. The van der Waals surface area contributed by atoms with Crippen molar-refractivity contribution in [3.8, 4) is 0 Å². The van der Waals surface area contributed by atoms with Gasteiger partial charge in [-0.05, 0) is 40.7 Å². The number of hydrogen-bond donors (Lipinski definition) is 1. The van der Waals surface area contributed by atoms with Crippen molar-refractivity contribution >= 4 is 11.9 Å². The molecule has 5 nitrogen and oxygen atoms in total. The Balaban J connectivity index is 2.60. The van der Waals surface area contributed by atoms with Crippen LogP contribution in [0.25, 0.3) is 0 Å². The Morgan fingerprint density at radius 2 is 2.00 bits per heavy atom. The first-order chi connectivity index (χ1) is 8.20. The maximum atomic E-state index is 11.8. The number of esters is 1. The van der Waals surface area contributed by atoms with Crippen molar-refractivity contribution in [3.63, 3.8) is 0 Å². The maximum Gasteiger partial charge on any atom is 0.328 e. The summed E-state index contributed by atoms with van der Waals surface area (Å²) >= 11 is 0. The molecule has 1 aromatic heterocycles. The Labute approximate surface area is 106 Å². The lowest BCUT2D eigenvalue weighted by molar-refractivity contribution is -0.156. The third-order valence-electron chi connectivity index (χ3n) is 2.18. The molecule has 0 spiro atoms. The van der Waals surface area contributed by atoms with Crippen molar-refractivity contribution in [2.75, 3.05) is 0 Å². The SMILES string of the molecule is Cc1ccoc1C(=O)N[C@@H](C)C(=O)OC(C)(C)C. The van der Waals surface area contributed by atoms with E-state index in [-0.39, 0.29) is 5.76 Å². The van der Waals surface area contributed by atoms with Crippen LogP contribution < -0.4 is 5.32 Å². The number of carbonyl (C=O) groups is 2. The van der Waals surface area contributed by atoms with Gasteiger partial charge in [-0.15, -0.1) is 0 Å². The summed E-state index contributed by atoms with van der Waals surface area (Å²) in [4.78, 5) is 23.5. The molecule has 0 aliphatic heterocycles. The number of hydrogen-bond acceptors (Lipinski definition) is 4. The molecular weight excluding hydrogens is 234 g/mol. The molecule has 1 heterocycles. The molecule has 1 aromatic rings. The normalized spacial score (nSPS) is 12.9. The van der Waals surface area contributed by atoms with Crippen LogP contribution in [-0.2, 0) is 9.53 Å². The van der Waals surface area contributed by atoms with E-state index in [1.165, 1.54) is 6.26 Å². The molecule has 0 aromatic carbocycles. The van der Waals surface area contributed by atoms with Crippen molar-refractivity contribution in [1.82, 2.24) is 5.32 Å². The summed E-state index contributed by atoms with van der Waals surface area (Å²) in [5.41, 5.74) is 0.153. The van der Waals surface area contributed by atoms with E-state index in [0.717, 1.165) is 5.56 Å². The summed E-state index contributed by atoms with van der Waals surface area (Å²) in [7, 11) is 0. The van der Waals surface area contributed by atoms with E-state index >= 15 is 0 Å². The van der Waals surface area contributed by atoms with Crippen molar-refractivity contribution in [2.45, 2.75) is 46.3 Å². The Bertz CT molecular complexity index is 442. The van der Waals surface area contributed by atoms with Gasteiger partial charge in [-0.25, -0.2) is 4.79 Å². The van der Waals surface area contributed by atoms with Gasteiger partial charge in [0, 0.05) is 5.56 Å². The molecule has 1 atom stereocenters. The zero-order valence-corrected chi connectivity index (χ0v) is 11.4. The van der Waals surface area contributed by atoms with Crippen LogP contribution in [0.2, 0.25) is 0 Å². The van der Waals surface area contributed by atoms with Crippen LogP contribution in [0.5, 0.6) is 0 Å². The monoisotopic (exact) mass is 253 g/mol. The Hall–Kier alpha value is -1.78. The van der Waals surface area contributed by atoms with Crippen LogP contribution >= 0.6 is 0 Å². The van der Waals surface area contributed by atoms with Crippen LogP contribution in [0.3, 0.4) is 0 Å². The first-order valence-electron chi connectivity index (χ1n) is 5.78. The van der Waals surface area contributed by atoms with Crippen LogP contribution in [0.1, 0.15) is 43.8 Å². The molecule has 5 heteroatoms. The van der Waals surface area contributed by atoms with Crippen molar-refractivity contribution in [3.05, 3.63) is 23.7 Å². The molecule has 0 aliphatic carbocycles. The predicted molar refractivity (Wildman–Crippen MR) is 66.2 cm³/mol. The summed E-state index contributed by atoms with van der Waals surface area (Å²) in [5, 5.41) is 2.54. The van der Waals surface area contributed by atoms with Gasteiger partial charge in [-0.1, -0.05) is 0 Å². The predicted octanol–water partition coefficient (Wildman–Crippen LogP) is 2.05. The van der Waals surface area contributed by atoms with E-state index in [4.69, 9.17) is 9.15 Å². The van der Waals surface area contributed by atoms with Gasteiger partial charge < -0.3 is 14.5 Å². The summed E-state index contributed by atoms with van der Waals surface area (Å²) in [6, 6.07) is 0.966. The number of aryl methyl sites for hydroxylation is 1. The number of ether oxygens (including phenoxy) is 1. The highest BCUT2D eigenvalue weighted by Gasteiger charge is 2.24. The maximum absolute atomic E-state index is 11.8. The van der Waals surface area contributed by atoms with Gasteiger partial charge in [0.1, 0.15) is 11.6 Å². The molecular formula is C13H19NO4. The zero-order chi connectivity index (χ0) is 13.9. The Morgan fingerprint density at radius 3 is 2.44 bits per heavy atom. The molecule has 0 saturated carbocycles. The van der Waals surface area contributed by atoms with Crippen LogP contribution in [0.4, 0.5) is 0 Å². The fourth-order valence-electron chi connectivity index (χ4n) is 1.32. The van der Waals surface area contributed by atoms with Crippen LogP contribution in [0, 0.1) is 6.92 Å². The highest BCUT2D eigenvalue weighted by atomic mass is 16.6. The van der Waals surface area contributed by atoms with Crippen molar-refractivity contribution in [2.24, 2.45) is 0 Å². The lowest BCUT2D eigenvalue weighted by Gasteiger charge is -2.22. The number of rotatable bonds is 3. The van der Waals surface area contributed by atoms with E-state index in [0.29, 0.717) is 0 Å². The fraction of sp³-hybridized carbons (Fsp3) is 0.538. The van der Waals surface area contributed by atoms with Gasteiger partial charge >= 0.3 is 5.97 Å². The molecule has 0 bridgehead atoms. The minimum absolute atomic E-state index is 0.213. The summed E-state index contributed by atoms with van der Waals surface area (Å²) in [6.07, 6.45) is 1.43. The summed E-state index contributed by atoms with van der Waals surface area (Å²) < 4.78 is 10.2. The van der Waals surface area contributed by atoms with Gasteiger partial charge in [0.25, 0.3) is 5.91 Å². The van der Waals surface area contributed by atoms with E-state index in [1.807, 2.05) is 0 Å². The highest BCUT2D eigenvalue weighted by molar-refractivity contribution is 5.95. The van der Waals surface area contributed by atoms with E-state index < -0.39 is 23.5 Å². The molecule has 1 rings (SSSR count). The summed E-state index contributed by atoms with van der Waals surface area (Å²) in [5.74, 6) is -0.679. The molecule has 0 fully saturated rings. The molecule has 100 valence electrons. The smallest absolute Gasteiger partial charge is 0.328 e. The number of carbonyl (C=O) groups excluding carboxylic acids is 2. The Kier molecular flexibility index (Phi) is 4.16. The third-order valence-corrected chi connectivity index (χ3v) is 2.18. The fourth-order valence-corrected chi connectivity index (χ4v) is 1.32. The highest BCUT2D eigenvalue weighted by Crippen LogP contribution is 2.10. The minimum atomic E-state index is -0.721. The molecule has 1 amide bonds. The van der Waals surface area contributed by atoms with E-state index in [2.05, 4.69) is 5.32 Å². The zero-order valence-electron chi connectivity index (χ0n) is 11.4. The van der Waals surface area contributed by atoms with Crippen LogP contribution in [-0.4, -0.2) is 23.5 Å². The molecule has 0 saturated heterocycles. The largest absolute Gasteiger partial charge is 0.459 e. The molecule has 18 heavy (non-hydrogen) atoms. The number of amides is 1. The first-order valence-corrected chi connectivity index (χ1v) is 5.78. The first kappa shape index (κ1) is 14.3. The quantitative estimate of drug-likeness (QED) is 0.837. The van der Waals surface area contributed by atoms with Crippen LogP contribution in [0.15, 0.2) is 16.7 Å². The van der Waals surface area contributed by atoms with E-state index in [1.54, 1.807) is 40.7 Å². The number of nitrogens with one attached hydrogen (secondary N) is 1. The lowest BCUT2D eigenvalue weighted by atomic mass is 10.2. The number of furan rings is 1. The average molecular weight is 253 g/mol. The molecule has 0 unspecified atom stereocenters. The Morgan fingerprint density at radius 1 is 1.39 bits per heavy atom. The molecule has 1 N–H and O–H groups in total.